The van der Waals surface area contributed by atoms with Gasteiger partial charge in [0.2, 0.25) is 23.6 Å². The number of benzene rings is 2. The fourth-order valence-corrected chi connectivity index (χ4v) is 9.42. The molecule has 5 saturated heterocycles. The highest BCUT2D eigenvalue weighted by Crippen LogP contribution is 2.32. The molecule has 0 aliphatic carbocycles. The average Bonchev–Trinajstić information content (AvgIpc) is 4.19. The summed E-state index contributed by atoms with van der Waals surface area (Å²) in [5.74, 6) is 0.878. The van der Waals surface area contributed by atoms with Gasteiger partial charge in [-0.1, -0.05) is 24.3 Å². The molecule has 0 radical (unpaired) electrons. The maximum atomic E-state index is 11.7. The Kier molecular flexibility index (Phi) is 12.8. The molecule has 19 heteroatoms. The number of anilines is 2. The van der Waals surface area contributed by atoms with Crippen molar-refractivity contribution in [3.05, 3.63) is 84.4 Å². The number of piperazine rings is 2. The maximum absolute atomic E-state index is 11.7. The normalized spacial score (nSPS) is 20.7. The number of ether oxygens (including phenoxy) is 3. The third-order valence-corrected chi connectivity index (χ3v) is 13.7. The highest BCUT2D eigenvalue weighted by molar-refractivity contribution is 5.79. The minimum Gasteiger partial charge on any atom is -0.473 e. The van der Waals surface area contributed by atoms with Crippen LogP contribution in [0.3, 0.4) is 0 Å². The van der Waals surface area contributed by atoms with Crippen molar-refractivity contribution in [1.82, 2.24) is 50.0 Å². The molecule has 0 spiro atoms. The summed E-state index contributed by atoms with van der Waals surface area (Å²) >= 11 is 0. The Morgan fingerprint density at radius 3 is 1.51 bits per heavy atom. The minimum absolute atomic E-state index is 0.0305. The van der Waals surface area contributed by atoms with Gasteiger partial charge in [0.05, 0.1) is 55.4 Å². The van der Waals surface area contributed by atoms with Crippen molar-refractivity contribution in [2.24, 2.45) is 11.8 Å². The van der Waals surface area contributed by atoms with Crippen LogP contribution >= 0.6 is 0 Å². The Bertz CT molecular complexity index is 2870. The zero-order valence-corrected chi connectivity index (χ0v) is 38.2. The van der Waals surface area contributed by atoms with E-state index in [0.717, 1.165) is 76.7 Å². The molecule has 11 rings (SSSR count). The third-order valence-electron chi connectivity index (χ3n) is 13.7. The Balaban J connectivity index is 0.000000160. The molecular weight excluding hydrogens is 865 g/mol. The predicted octanol–water partition coefficient (Wildman–Crippen LogP) is 3.27. The summed E-state index contributed by atoms with van der Waals surface area (Å²) in [5, 5.41) is 36.9. The Labute approximate surface area is 393 Å². The Hall–Kier alpha value is -7.32. The molecular formula is C49H54N14O5. The number of aromatic nitrogens is 6. The van der Waals surface area contributed by atoms with Crippen LogP contribution in [0.2, 0.25) is 0 Å². The molecule has 4 aromatic heterocycles. The summed E-state index contributed by atoms with van der Waals surface area (Å²) in [7, 11) is 0. The first kappa shape index (κ1) is 44.5. The first-order valence-electron chi connectivity index (χ1n) is 23.4. The maximum Gasteiger partial charge on any atom is 0.242 e. The molecule has 5 aliphatic rings. The van der Waals surface area contributed by atoms with E-state index in [0.29, 0.717) is 77.3 Å². The standard InChI is InChI=1S/C26H29N7O3.C23H25N7O2/c1-17(19-10-24(34)28-12-19)36-26-25-20(11-27)13-29-33(25)14-23(30-26)18-2-4-21(5-3-18)31-6-8-32(9-7-31)22-15-35-16-22;1-15(17-10-21(31)26-12-17)32-23-22-18(11-24)13-27-30(22)14-20(28-23)16-2-4-19(5-3-16)29-8-6-25-7-9-29/h2-5,13-14,17,19,22H,6-10,12,15-16H2,1H3,(H,28,34);2-5,13-15,17,25H,6-10,12H2,1H3,(H,26,31)/t17-,19-;15-,17-/m11/s1. The monoisotopic (exact) mass is 918 g/mol. The minimum atomic E-state index is -0.246. The fourth-order valence-electron chi connectivity index (χ4n) is 9.42. The summed E-state index contributed by atoms with van der Waals surface area (Å²) < 4.78 is 21.1. The number of nitrogens with zero attached hydrogens (tertiary/aromatic N) is 11. The molecule has 4 atom stereocenters. The molecule has 0 unspecified atom stereocenters. The van der Waals surface area contributed by atoms with Crippen molar-refractivity contribution in [3.8, 4) is 46.4 Å². The SMILES string of the molecule is C[C@@H](Oc1nc(-c2ccc(N3CCN(C4COC4)CC3)cc2)cn2ncc(C#N)c12)[C@H]1CNC(=O)C1.C[C@@H](Oc1nc(-c2ccc(N3CCNCC3)cc2)cn2ncc(C#N)c12)[C@H]1CNC(=O)C1. The number of rotatable bonds is 11. The van der Waals surface area contributed by atoms with E-state index in [-0.39, 0.29) is 35.9 Å². The van der Waals surface area contributed by atoms with Crippen molar-refractivity contribution < 1.29 is 23.8 Å². The number of hydrogen-bond donors (Lipinski definition) is 3. The third kappa shape index (κ3) is 9.33. The van der Waals surface area contributed by atoms with E-state index in [1.54, 1.807) is 9.03 Å². The summed E-state index contributed by atoms with van der Waals surface area (Å²) in [4.78, 5) is 40.1. The lowest BCUT2D eigenvalue weighted by Gasteiger charge is -2.43. The van der Waals surface area contributed by atoms with E-state index < -0.39 is 0 Å². The van der Waals surface area contributed by atoms with Crippen LogP contribution in [0.5, 0.6) is 11.8 Å². The molecule has 6 aromatic rings. The second-order valence-electron chi connectivity index (χ2n) is 18.0. The van der Waals surface area contributed by atoms with Crippen LogP contribution < -0.4 is 35.2 Å². The van der Waals surface area contributed by atoms with E-state index in [1.807, 2.05) is 38.4 Å². The second-order valence-corrected chi connectivity index (χ2v) is 18.0. The van der Waals surface area contributed by atoms with Gasteiger partial charge in [-0.05, 0) is 38.1 Å². The predicted molar refractivity (Wildman–Crippen MR) is 252 cm³/mol. The molecule has 5 fully saturated rings. The van der Waals surface area contributed by atoms with Crippen molar-refractivity contribution >= 4 is 34.2 Å². The molecule has 19 nitrogen and oxygen atoms in total. The quantitative estimate of drug-likeness (QED) is 0.170. The van der Waals surface area contributed by atoms with Gasteiger partial charge >= 0.3 is 0 Å². The van der Waals surface area contributed by atoms with Crippen LogP contribution in [-0.2, 0) is 14.3 Å². The molecule has 68 heavy (non-hydrogen) atoms. The number of hydrogen-bond acceptors (Lipinski definition) is 15. The first-order valence-corrected chi connectivity index (χ1v) is 23.4. The van der Waals surface area contributed by atoms with E-state index in [9.17, 15) is 20.1 Å². The van der Waals surface area contributed by atoms with Crippen LogP contribution in [0.1, 0.15) is 37.8 Å². The molecule has 0 bridgehead atoms. The summed E-state index contributed by atoms with van der Waals surface area (Å²) in [6.45, 7) is 14.8. The summed E-state index contributed by atoms with van der Waals surface area (Å²) in [5.41, 5.74) is 7.56. The lowest BCUT2D eigenvalue weighted by Crippen LogP contribution is -2.56. The zero-order chi connectivity index (χ0) is 46.7. The number of fused-ring (bicyclic) bond motifs is 2. The van der Waals surface area contributed by atoms with E-state index in [1.165, 1.54) is 23.8 Å². The number of amides is 2. The van der Waals surface area contributed by atoms with Crippen LogP contribution in [0.25, 0.3) is 33.5 Å². The van der Waals surface area contributed by atoms with Gasteiger partial charge in [0.25, 0.3) is 0 Å². The number of carbonyl (C=O) groups is 2. The van der Waals surface area contributed by atoms with Gasteiger partial charge in [0.15, 0.2) is 0 Å². The van der Waals surface area contributed by atoms with Gasteiger partial charge in [-0.3, -0.25) is 14.5 Å². The summed E-state index contributed by atoms with van der Waals surface area (Å²) in [6.07, 6.45) is 7.04. The van der Waals surface area contributed by atoms with E-state index >= 15 is 0 Å². The Morgan fingerprint density at radius 1 is 0.662 bits per heavy atom. The van der Waals surface area contributed by atoms with Gasteiger partial charge in [-0.25, -0.2) is 19.0 Å². The van der Waals surface area contributed by atoms with Gasteiger partial charge in [0, 0.05) is 113 Å². The van der Waals surface area contributed by atoms with Crippen LogP contribution in [0, 0.1) is 34.5 Å². The van der Waals surface area contributed by atoms with E-state index in [4.69, 9.17) is 24.2 Å². The largest absolute Gasteiger partial charge is 0.473 e. The molecule has 5 aliphatic heterocycles. The second kappa shape index (κ2) is 19.5. The molecule has 3 N–H and O–H groups in total. The summed E-state index contributed by atoms with van der Waals surface area (Å²) in [6, 6.07) is 21.6. The van der Waals surface area contributed by atoms with Gasteiger partial charge in [-0.15, -0.1) is 0 Å². The molecule has 2 aromatic carbocycles. The fraction of sp³-hybridized carbons (Fsp3) is 0.429. The van der Waals surface area contributed by atoms with E-state index in [2.05, 4.69) is 89.4 Å². The number of nitrogens with one attached hydrogen (secondary N) is 3. The lowest BCUT2D eigenvalue weighted by molar-refractivity contribution is -0.120. The topological polar surface area (TPSA) is 216 Å². The number of carbonyl (C=O) groups excluding carboxylic acids is 2. The molecule has 350 valence electrons. The van der Waals surface area contributed by atoms with Crippen molar-refractivity contribution in [2.45, 2.75) is 44.9 Å². The highest BCUT2D eigenvalue weighted by atomic mass is 16.5. The van der Waals surface area contributed by atoms with Crippen LogP contribution in [-0.4, -0.2) is 143 Å². The lowest BCUT2D eigenvalue weighted by atomic mass is 10.0. The van der Waals surface area contributed by atoms with Gasteiger partial charge < -0.3 is 40.0 Å². The average molecular weight is 919 g/mol. The van der Waals surface area contributed by atoms with Crippen molar-refractivity contribution in [2.75, 3.05) is 88.5 Å². The van der Waals surface area contributed by atoms with Crippen molar-refractivity contribution in [3.63, 3.8) is 0 Å². The van der Waals surface area contributed by atoms with Crippen molar-refractivity contribution in [1.29, 1.82) is 10.5 Å². The molecule has 0 saturated carbocycles. The number of nitriles is 2. The van der Waals surface area contributed by atoms with Crippen LogP contribution in [0.4, 0.5) is 11.4 Å². The van der Waals surface area contributed by atoms with Crippen LogP contribution in [0.15, 0.2) is 73.3 Å². The Morgan fingerprint density at radius 2 is 1.12 bits per heavy atom. The van der Waals surface area contributed by atoms with Gasteiger partial charge in [-0.2, -0.15) is 20.7 Å². The smallest absolute Gasteiger partial charge is 0.242 e. The highest BCUT2D eigenvalue weighted by Gasteiger charge is 2.32. The van der Waals surface area contributed by atoms with Gasteiger partial charge in [0.1, 0.15) is 46.5 Å². The first-order chi connectivity index (χ1) is 33.2. The molecule has 2 amide bonds. The molecule has 9 heterocycles. The zero-order valence-electron chi connectivity index (χ0n) is 38.2.